The molecule has 2 aliphatic rings. The average Bonchev–Trinajstić information content (AvgIpc) is 3.04. The average molecular weight is 427 g/mol. The lowest BCUT2D eigenvalue weighted by molar-refractivity contribution is 0.601. The van der Waals surface area contributed by atoms with Gasteiger partial charge in [-0.25, -0.2) is 8.42 Å². The molecular weight excluding hydrogens is 411 g/mol. The van der Waals surface area contributed by atoms with Gasteiger partial charge in [-0.3, -0.25) is 4.99 Å². The van der Waals surface area contributed by atoms with E-state index in [9.17, 15) is 8.42 Å². The van der Waals surface area contributed by atoms with Crippen molar-refractivity contribution in [3.63, 3.8) is 0 Å². The van der Waals surface area contributed by atoms with Gasteiger partial charge in [-0.15, -0.1) is 0 Å². The highest BCUT2D eigenvalue weighted by Crippen LogP contribution is 2.36. The topological polar surface area (TPSA) is 49.7 Å². The highest BCUT2D eigenvalue weighted by molar-refractivity contribution is 8.13. The van der Waals surface area contributed by atoms with Crippen LogP contribution in [0.5, 0.6) is 0 Å². The van der Waals surface area contributed by atoms with Crippen molar-refractivity contribution < 1.29 is 8.42 Å². The molecule has 0 bridgehead atoms. The summed E-state index contributed by atoms with van der Waals surface area (Å²) in [7, 11) is -3.06. The minimum absolute atomic E-state index is 0.107. The van der Waals surface area contributed by atoms with E-state index in [1.54, 1.807) is 17.8 Å². The molecule has 2 unspecified atom stereocenters. The van der Waals surface area contributed by atoms with E-state index in [0.29, 0.717) is 15.8 Å². The van der Waals surface area contributed by atoms with Gasteiger partial charge in [0.2, 0.25) is 0 Å². The van der Waals surface area contributed by atoms with Crippen molar-refractivity contribution in [2.75, 3.05) is 16.4 Å². The van der Waals surface area contributed by atoms with E-state index < -0.39 is 9.84 Å². The summed E-state index contributed by atoms with van der Waals surface area (Å²) < 4.78 is 24.1. The Morgan fingerprint density at radius 3 is 2.54 bits per heavy atom. The van der Waals surface area contributed by atoms with E-state index in [4.69, 9.17) is 28.2 Å². The second-order valence-electron chi connectivity index (χ2n) is 6.39. The lowest BCUT2D eigenvalue weighted by atomic mass is 10.1. The molecular formula is C18H16Cl2N2O2S2. The van der Waals surface area contributed by atoms with E-state index in [1.165, 1.54) is 0 Å². The zero-order valence-electron chi connectivity index (χ0n) is 13.7. The molecule has 0 amide bonds. The first kappa shape index (κ1) is 18.2. The number of aliphatic imine (C=N–C) groups is 1. The van der Waals surface area contributed by atoms with Crippen molar-refractivity contribution in [2.45, 2.75) is 17.8 Å². The van der Waals surface area contributed by atoms with Crippen LogP contribution in [0, 0.1) is 0 Å². The van der Waals surface area contributed by atoms with Crippen molar-refractivity contribution in [3.8, 4) is 0 Å². The van der Waals surface area contributed by atoms with E-state index in [2.05, 4.69) is 0 Å². The lowest BCUT2D eigenvalue weighted by Crippen LogP contribution is -2.39. The second kappa shape index (κ2) is 7.08. The summed E-state index contributed by atoms with van der Waals surface area (Å²) in [5.41, 5.74) is 1.97. The van der Waals surface area contributed by atoms with Crippen molar-refractivity contribution in [2.24, 2.45) is 4.99 Å². The summed E-state index contributed by atoms with van der Waals surface area (Å²) in [4.78, 5) is 6.75. The van der Waals surface area contributed by atoms with Crippen LogP contribution in [0.15, 0.2) is 53.5 Å². The molecule has 0 spiro atoms. The summed E-state index contributed by atoms with van der Waals surface area (Å²) in [6.45, 7) is 0. The number of amidine groups is 1. The van der Waals surface area contributed by atoms with Crippen LogP contribution in [-0.4, -0.2) is 37.2 Å². The maximum absolute atomic E-state index is 12.1. The zero-order chi connectivity index (χ0) is 18.3. The summed E-state index contributed by atoms with van der Waals surface area (Å²) >= 11 is 13.8. The molecule has 8 heteroatoms. The molecule has 26 heavy (non-hydrogen) atoms. The molecule has 2 aromatic carbocycles. The van der Waals surface area contributed by atoms with E-state index in [0.717, 1.165) is 16.4 Å². The molecule has 0 N–H and O–H groups in total. The number of rotatable bonds is 3. The third-order valence-electron chi connectivity index (χ3n) is 4.45. The normalized spacial score (nSPS) is 23.8. The Kier molecular flexibility index (Phi) is 4.94. The van der Waals surface area contributed by atoms with Crippen LogP contribution in [-0.2, 0) is 15.6 Å². The standard InChI is InChI=1S/C18H16Cl2N2O2S2/c19-13-4-1-3-12(7-13)9-25-18-21-16-10-26(23,24)11-17(16)22(18)15-6-2-5-14(20)8-15/h1-8,16-17H,9-11H2. The number of anilines is 1. The Bertz CT molecular complexity index is 979. The van der Waals surface area contributed by atoms with Gasteiger partial charge in [0.15, 0.2) is 15.0 Å². The van der Waals surface area contributed by atoms with Crippen molar-refractivity contribution in [3.05, 3.63) is 64.1 Å². The van der Waals surface area contributed by atoms with Gasteiger partial charge in [-0.2, -0.15) is 0 Å². The molecule has 0 saturated carbocycles. The first-order valence-electron chi connectivity index (χ1n) is 8.11. The van der Waals surface area contributed by atoms with Gasteiger partial charge in [-0.05, 0) is 35.9 Å². The molecule has 0 aromatic heterocycles. The predicted octanol–water partition coefficient (Wildman–Crippen LogP) is 4.27. The summed E-state index contributed by atoms with van der Waals surface area (Å²) in [5.74, 6) is 0.938. The first-order valence-corrected chi connectivity index (χ1v) is 11.7. The molecule has 1 saturated heterocycles. The van der Waals surface area contributed by atoms with Crippen LogP contribution in [0.25, 0.3) is 0 Å². The number of sulfone groups is 1. The Hall–Kier alpha value is -1.21. The Balaban J connectivity index is 1.63. The van der Waals surface area contributed by atoms with Gasteiger partial charge < -0.3 is 4.90 Å². The molecule has 2 heterocycles. The van der Waals surface area contributed by atoms with E-state index in [1.807, 2.05) is 47.4 Å². The smallest absolute Gasteiger partial charge is 0.164 e. The molecule has 1 fully saturated rings. The van der Waals surface area contributed by atoms with Crippen LogP contribution in [0.4, 0.5) is 5.69 Å². The quantitative estimate of drug-likeness (QED) is 0.734. The monoisotopic (exact) mass is 426 g/mol. The van der Waals surface area contributed by atoms with Crippen LogP contribution >= 0.6 is 35.0 Å². The summed E-state index contributed by atoms with van der Waals surface area (Å²) in [6, 6.07) is 14.8. The molecule has 4 nitrogen and oxygen atoms in total. The van der Waals surface area contributed by atoms with E-state index >= 15 is 0 Å². The van der Waals surface area contributed by atoms with E-state index in [-0.39, 0.29) is 23.6 Å². The number of benzene rings is 2. The maximum atomic E-state index is 12.1. The fraction of sp³-hybridized carbons (Fsp3) is 0.278. The molecule has 0 aliphatic carbocycles. The molecule has 2 atom stereocenters. The summed E-state index contributed by atoms with van der Waals surface area (Å²) in [5, 5.41) is 2.15. The SMILES string of the molecule is O=S1(=O)CC2N=C(SCc3cccc(Cl)c3)N(c3cccc(Cl)c3)C2C1. The number of thioether (sulfide) groups is 1. The lowest BCUT2D eigenvalue weighted by Gasteiger charge is -2.26. The fourth-order valence-electron chi connectivity index (χ4n) is 3.34. The third kappa shape index (κ3) is 3.74. The number of nitrogens with zero attached hydrogens (tertiary/aromatic N) is 2. The third-order valence-corrected chi connectivity index (χ3v) is 7.66. The minimum Gasteiger partial charge on any atom is -0.315 e. The minimum atomic E-state index is -3.06. The number of hydrogen-bond acceptors (Lipinski definition) is 5. The molecule has 2 aromatic rings. The first-order chi connectivity index (χ1) is 12.4. The molecule has 4 rings (SSSR count). The van der Waals surface area contributed by atoms with Gasteiger partial charge >= 0.3 is 0 Å². The van der Waals surface area contributed by atoms with Gasteiger partial charge in [0, 0.05) is 21.5 Å². The molecule has 2 aliphatic heterocycles. The number of hydrogen-bond donors (Lipinski definition) is 0. The highest BCUT2D eigenvalue weighted by atomic mass is 35.5. The Morgan fingerprint density at radius 2 is 1.81 bits per heavy atom. The number of fused-ring (bicyclic) bond motifs is 1. The van der Waals surface area contributed by atoms with Gasteiger partial charge in [0.05, 0.1) is 23.6 Å². The Morgan fingerprint density at radius 1 is 1.08 bits per heavy atom. The fourth-order valence-corrected chi connectivity index (χ4v) is 6.64. The Labute approximate surface area is 167 Å². The molecule has 0 radical (unpaired) electrons. The number of halogens is 2. The highest BCUT2D eigenvalue weighted by Gasteiger charge is 2.47. The van der Waals surface area contributed by atoms with Gasteiger partial charge in [0.25, 0.3) is 0 Å². The van der Waals surface area contributed by atoms with Crippen LogP contribution in [0.3, 0.4) is 0 Å². The van der Waals surface area contributed by atoms with Crippen LogP contribution in [0.1, 0.15) is 5.56 Å². The van der Waals surface area contributed by atoms with Gasteiger partial charge in [-0.1, -0.05) is 53.2 Å². The van der Waals surface area contributed by atoms with Crippen molar-refractivity contribution >= 4 is 55.7 Å². The zero-order valence-corrected chi connectivity index (χ0v) is 16.8. The van der Waals surface area contributed by atoms with Crippen molar-refractivity contribution in [1.82, 2.24) is 0 Å². The molecule has 136 valence electrons. The maximum Gasteiger partial charge on any atom is 0.164 e. The van der Waals surface area contributed by atoms with Gasteiger partial charge in [0.1, 0.15) is 0 Å². The van der Waals surface area contributed by atoms with Crippen molar-refractivity contribution in [1.29, 1.82) is 0 Å². The predicted molar refractivity (Wildman–Crippen MR) is 110 cm³/mol. The van der Waals surface area contributed by atoms with Crippen LogP contribution in [0.2, 0.25) is 10.0 Å². The summed E-state index contributed by atoms with van der Waals surface area (Å²) in [6.07, 6.45) is 0. The van der Waals surface area contributed by atoms with Crippen LogP contribution < -0.4 is 4.90 Å². The second-order valence-corrected chi connectivity index (χ2v) is 10.4. The largest absolute Gasteiger partial charge is 0.315 e.